The van der Waals surface area contributed by atoms with Gasteiger partial charge >= 0.3 is 12.1 Å². The van der Waals surface area contributed by atoms with Crippen molar-refractivity contribution < 1.29 is 19.4 Å². The average Bonchev–Trinajstić information content (AvgIpc) is 3.24. The van der Waals surface area contributed by atoms with Crippen molar-refractivity contribution in [2.24, 2.45) is 0 Å². The first-order valence-corrected chi connectivity index (χ1v) is 13.3. The molecule has 2 aromatic heterocycles. The maximum Gasteiger partial charge on any atom is 0.412 e. The van der Waals surface area contributed by atoms with Gasteiger partial charge in [-0.2, -0.15) is 0 Å². The van der Waals surface area contributed by atoms with Crippen LogP contribution in [0.3, 0.4) is 0 Å². The van der Waals surface area contributed by atoms with Gasteiger partial charge in [-0.05, 0) is 108 Å². The number of carbonyl (C=O) groups is 2. The lowest BCUT2D eigenvalue weighted by Gasteiger charge is -2.19. The summed E-state index contributed by atoms with van der Waals surface area (Å²) in [5, 5.41) is 15.7. The summed E-state index contributed by atoms with van der Waals surface area (Å²) in [7, 11) is 0. The van der Waals surface area contributed by atoms with Crippen molar-refractivity contribution in [3.8, 4) is 0 Å². The monoisotopic (exact) mass is 680 g/mol. The van der Waals surface area contributed by atoms with Crippen LogP contribution >= 0.6 is 67.9 Å². The predicted molar refractivity (Wildman–Crippen MR) is 144 cm³/mol. The fraction of sp³-hybridized carbons (Fsp3) is 0.500. The van der Waals surface area contributed by atoms with Crippen LogP contribution in [0.1, 0.15) is 51.2 Å². The number of halogens is 2. The molecule has 0 bridgehead atoms. The molecule has 2 heterocycles. The van der Waals surface area contributed by atoms with Crippen LogP contribution in [-0.2, 0) is 4.74 Å². The van der Waals surface area contributed by atoms with E-state index < -0.39 is 17.7 Å². The third-order valence-corrected chi connectivity index (χ3v) is 7.65. The van der Waals surface area contributed by atoms with E-state index in [0.717, 1.165) is 12.1 Å². The number of carboxylic acid groups (broad SMARTS) is 1. The number of aromatic carboxylic acids is 1. The number of thiophene rings is 2. The Labute approximate surface area is 214 Å². The average molecular weight is 680 g/mol. The van der Waals surface area contributed by atoms with E-state index in [1.165, 1.54) is 42.3 Å². The van der Waals surface area contributed by atoms with Gasteiger partial charge in [-0.15, -0.1) is 22.7 Å². The summed E-state index contributed by atoms with van der Waals surface area (Å²) in [6.45, 7) is 15.6. The smallest absolute Gasteiger partial charge is 0.412 e. The zero-order valence-corrected chi connectivity index (χ0v) is 24.1. The maximum atomic E-state index is 11.3. The van der Waals surface area contributed by atoms with Gasteiger partial charge in [0.2, 0.25) is 0 Å². The molecule has 0 fully saturated rings. The van der Waals surface area contributed by atoms with Crippen molar-refractivity contribution >= 4 is 84.9 Å². The van der Waals surface area contributed by atoms with Crippen LogP contribution in [0.25, 0.3) is 0 Å². The summed E-state index contributed by atoms with van der Waals surface area (Å²) in [5.41, 5.74) is -0.452. The van der Waals surface area contributed by atoms with Crippen LogP contribution in [0.5, 0.6) is 0 Å². The van der Waals surface area contributed by atoms with Gasteiger partial charge in [0.25, 0.3) is 0 Å². The van der Waals surface area contributed by atoms with E-state index >= 15 is 0 Å². The Kier molecular flexibility index (Phi) is 15.2. The fourth-order valence-corrected chi connectivity index (χ4v) is 5.16. The molecule has 1 amide bonds. The number of rotatable bonds is 5. The third-order valence-electron chi connectivity index (χ3n) is 3.38. The molecular formula is C20H30I2N2O4S2. The first-order chi connectivity index (χ1) is 13.9. The minimum atomic E-state index is -0.839. The lowest BCUT2D eigenvalue weighted by molar-refractivity contribution is 0.0634. The zero-order valence-electron chi connectivity index (χ0n) is 18.1. The molecule has 10 heteroatoms. The topological polar surface area (TPSA) is 78.9 Å². The van der Waals surface area contributed by atoms with Crippen molar-refractivity contribution in [2.75, 3.05) is 25.0 Å². The van der Waals surface area contributed by atoms with E-state index in [9.17, 15) is 9.59 Å². The maximum absolute atomic E-state index is 11.3. The van der Waals surface area contributed by atoms with Crippen molar-refractivity contribution in [3.63, 3.8) is 0 Å². The van der Waals surface area contributed by atoms with Crippen molar-refractivity contribution in [1.29, 1.82) is 0 Å². The summed E-state index contributed by atoms with van der Waals surface area (Å²) in [4.78, 5) is 24.4. The van der Waals surface area contributed by atoms with Gasteiger partial charge in [-0.25, -0.2) is 9.59 Å². The van der Waals surface area contributed by atoms with Gasteiger partial charge in [0.15, 0.2) is 0 Å². The molecule has 2 rings (SSSR count). The molecule has 0 atom stereocenters. The number of nitrogens with one attached hydrogen (secondary N) is 1. The highest BCUT2D eigenvalue weighted by Gasteiger charge is 2.17. The number of carbonyl (C=O) groups excluding carboxylic acids is 1. The van der Waals surface area contributed by atoms with Crippen LogP contribution in [0, 0.1) is 7.14 Å². The second kappa shape index (κ2) is 15.4. The molecule has 2 N–H and O–H groups in total. The standard InChI is InChI=1S/C9H12INO2S.C6H15N.C5H3IO2S/c1-9(2,3)13-8(12)11-7-6(10)4-5-14-7;1-4-7(5-2)6-3;6-3-1-2-9-4(3)5(7)8/h4-5H,1-3H3,(H,11,12);4-6H2,1-3H3;1-2H,(H,7,8). The SMILES string of the molecule is CC(C)(C)OC(=O)Nc1sccc1I.CCN(CC)CC.O=C(O)c1sccc1I. The molecule has 30 heavy (non-hydrogen) atoms. The summed E-state index contributed by atoms with van der Waals surface area (Å²) in [5.74, 6) is -0.839. The molecule has 170 valence electrons. The fourth-order valence-electron chi connectivity index (χ4n) is 1.90. The van der Waals surface area contributed by atoms with Gasteiger partial charge in [-0.3, -0.25) is 5.32 Å². The Bertz CT molecular complexity index is 763. The zero-order chi connectivity index (χ0) is 23.3. The number of carboxylic acids is 1. The van der Waals surface area contributed by atoms with Gasteiger partial charge in [0.1, 0.15) is 15.5 Å². The Hall–Kier alpha value is -0.440. The highest BCUT2D eigenvalue weighted by Crippen LogP contribution is 2.25. The second-order valence-electron chi connectivity index (χ2n) is 6.75. The number of hydrogen-bond acceptors (Lipinski definition) is 6. The number of anilines is 1. The molecule has 0 saturated heterocycles. The molecule has 2 aromatic rings. The van der Waals surface area contributed by atoms with E-state index in [0.29, 0.717) is 4.88 Å². The van der Waals surface area contributed by atoms with Crippen molar-refractivity contribution in [2.45, 2.75) is 47.1 Å². The molecule has 0 aliphatic carbocycles. The summed E-state index contributed by atoms with van der Waals surface area (Å²) in [6, 6.07) is 3.73. The molecule has 0 saturated carbocycles. The van der Waals surface area contributed by atoms with E-state index in [1.807, 2.05) is 54.8 Å². The highest BCUT2D eigenvalue weighted by atomic mass is 127. The largest absolute Gasteiger partial charge is 0.477 e. The predicted octanol–water partition coefficient (Wildman–Crippen LogP) is 7.10. The Morgan fingerprint density at radius 1 is 1.03 bits per heavy atom. The minimum Gasteiger partial charge on any atom is -0.477 e. The van der Waals surface area contributed by atoms with Crippen LogP contribution in [0.2, 0.25) is 0 Å². The van der Waals surface area contributed by atoms with E-state index in [4.69, 9.17) is 9.84 Å². The normalized spacial score (nSPS) is 10.4. The Morgan fingerprint density at radius 3 is 1.80 bits per heavy atom. The second-order valence-corrected chi connectivity index (χ2v) is 10.9. The molecule has 0 aliphatic heterocycles. The van der Waals surface area contributed by atoms with Crippen LogP contribution in [0.4, 0.5) is 9.80 Å². The molecule has 0 radical (unpaired) electrons. The third kappa shape index (κ3) is 13.1. The van der Waals surface area contributed by atoms with Gasteiger partial charge < -0.3 is 14.7 Å². The molecule has 0 spiro atoms. The summed E-state index contributed by atoms with van der Waals surface area (Å²) < 4.78 is 6.96. The molecule has 6 nitrogen and oxygen atoms in total. The number of hydrogen-bond donors (Lipinski definition) is 2. The van der Waals surface area contributed by atoms with E-state index in [-0.39, 0.29) is 0 Å². The Morgan fingerprint density at radius 2 is 1.53 bits per heavy atom. The summed E-state index contributed by atoms with van der Waals surface area (Å²) >= 11 is 6.90. The van der Waals surface area contributed by atoms with Gasteiger partial charge in [0, 0.05) is 7.14 Å². The van der Waals surface area contributed by atoms with E-state index in [1.54, 1.807) is 11.4 Å². The van der Waals surface area contributed by atoms with Gasteiger partial charge in [0.05, 0.1) is 0 Å². The molecule has 0 unspecified atom stereocenters. The number of amides is 1. The van der Waals surface area contributed by atoms with Crippen LogP contribution in [-0.4, -0.2) is 47.3 Å². The number of ether oxygens (including phenoxy) is 1. The lowest BCUT2D eigenvalue weighted by Crippen LogP contribution is -2.27. The first kappa shape index (κ1) is 29.6. The van der Waals surface area contributed by atoms with Crippen LogP contribution < -0.4 is 5.32 Å². The van der Waals surface area contributed by atoms with Gasteiger partial charge in [-0.1, -0.05) is 20.8 Å². The first-order valence-electron chi connectivity index (χ1n) is 9.36. The highest BCUT2D eigenvalue weighted by molar-refractivity contribution is 14.1. The van der Waals surface area contributed by atoms with E-state index in [2.05, 4.69) is 53.6 Å². The molecule has 0 aromatic carbocycles. The van der Waals surface area contributed by atoms with Crippen LogP contribution in [0.15, 0.2) is 22.9 Å². The molecular weight excluding hydrogens is 650 g/mol. The Balaban J connectivity index is 0.000000454. The molecule has 0 aliphatic rings. The van der Waals surface area contributed by atoms with Crippen molar-refractivity contribution in [3.05, 3.63) is 34.9 Å². The van der Waals surface area contributed by atoms with Crippen molar-refractivity contribution in [1.82, 2.24) is 4.90 Å². The quantitative estimate of drug-likeness (QED) is 0.330. The lowest BCUT2D eigenvalue weighted by atomic mass is 10.2. The minimum absolute atomic E-state index is 0.405. The summed E-state index contributed by atoms with van der Waals surface area (Å²) in [6.07, 6.45) is -0.405. The number of nitrogens with zero attached hydrogens (tertiary/aromatic N) is 1.